The fraction of sp³-hybridized carbons (Fsp3) is 0.417. The summed E-state index contributed by atoms with van der Waals surface area (Å²) in [5.41, 5.74) is 1.09. The molecule has 3 nitrogen and oxygen atoms in total. The summed E-state index contributed by atoms with van der Waals surface area (Å²) >= 11 is 9.22. The van der Waals surface area contributed by atoms with E-state index < -0.39 is 11.7 Å². The molecule has 0 saturated carbocycles. The van der Waals surface area contributed by atoms with Crippen LogP contribution in [0.5, 0.6) is 0 Å². The first-order valence-electron chi connectivity index (χ1n) is 5.16. The van der Waals surface area contributed by atoms with Crippen molar-refractivity contribution < 1.29 is 9.53 Å². The highest BCUT2D eigenvalue weighted by molar-refractivity contribution is 9.08. The lowest BCUT2D eigenvalue weighted by Crippen LogP contribution is -2.27. The normalized spacial score (nSPS) is 11.1. The molecule has 0 aromatic heterocycles. The molecule has 5 heteroatoms. The summed E-state index contributed by atoms with van der Waals surface area (Å²) in [6.45, 7) is 5.46. The highest BCUT2D eigenvalue weighted by Crippen LogP contribution is 2.23. The van der Waals surface area contributed by atoms with Crippen LogP contribution < -0.4 is 5.32 Å². The first kappa shape index (κ1) is 14.3. The molecule has 94 valence electrons. The van der Waals surface area contributed by atoms with E-state index >= 15 is 0 Å². The van der Waals surface area contributed by atoms with Crippen molar-refractivity contribution in [1.82, 2.24) is 0 Å². The van der Waals surface area contributed by atoms with Gasteiger partial charge in [0, 0.05) is 16.0 Å². The van der Waals surface area contributed by atoms with Gasteiger partial charge in [-0.25, -0.2) is 4.79 Å². The molecule has 0 spiro atoms. The molecule has 0 aliphatic carbocycles. The van der Waals surface area contributed by atoms with Crippen molar-refractivity contribution in [3.8, 4) is 0 Å². The number of hydrogen-bond donors (Lipinski definition) is 1. The Hall–Kier alpha value is -0.740. The van der Waals surface area contributed by atoms with Gasteiger partial charge in [-0.2, -0.15) is 0 Å². The molecule has 0 aliphatic heterocycles. The second-order valence-corrected chi connectivity index (χ2v) is 5.56. The monoisotopic (exact) mass is 319 g/mol. The van der Waals surface area contributed by atoms with Crippen LogP contribution in [0.3, 0.4) is 0 Å². The minimum Gasteiger partial charge on any atom is -0.444 e. The molecule has 1 rings (SSSR count). The standard InChI is InChI=1S/C12H15BrClNO2/c1-12(2,3)17-11(16)15-10-5-4-9(14)6-8(10)7-13/h4-6H,7H2,1-3H3,(H,15,16). The predicted molar refractivity (Wildman–Crippen MR) is 73.9 cm³/mol. The molecule has 0 fully saturated rings. The molecule has 0 bridgehead atoms. The van der Waals surface area contributed by atoms with Gasteiger partial charge in [0.15, 0.2) is 0 Å². The number of amides is 1. The van der Waals surface area contributed by atoms with Gasteiger partial charge in [-0.15, -0.1) is 0 Å². The number of rotatable bonds is 2. The van der Waals surface area contributed by atoms with Crippen molar-refractivity contribution in [2.75, 3.05) is 5.32 Å². The van der Waals surface area contributed by atoms with Gasteiger partial charge in [0.05, 0.1) is 0 Å². The van der Waals surface area contributed by atoms with Gasteiger partial charge in [-0.05, 0) is 44.5 Å². The number of carbonyl (C=O) groups is 1. The Bertz CT molecular complexity index is 415. The molecule has 0 unspecified atom stereocenters. The zero-order chi connectivity index (χ0) is 13.1. The third-order valence-electron chi connectivity index (χ3n) is 1.85. The number of nitrogens with one attached hydrogen (secondary N) is 1. The molecular weight excluding hydrogens is 305 g/mol. The maximum Gasteiger partial charge on any atom is 0.412 e. The average molecular weight is 321 g/mol. The smallest absolute Gasteiger partial charge is 0.412 e. The van der Waals surface area contributed by atoms with Crippen molar-refractivity contribution >= 4 is 39.3 Å². The minimum absolute atomic E-state index is 0.470. The Balaban J connectivity index is 2.78. The molecule has 0 atom stereocenters. The summed E-state index contributed by atoms with van der Waals surface area (Å²) in [5.74, 6) is 0. The van der Waals surface area contributed by atoms with E-state index in [2.05, 4.69) is 21.2 Å². The lowest BCUT2D eigenvalue weighted by Gasteiger charge is -2.20. The number of benzene rings is 1. The van der Waals surface area contributed by atoms with Crippen LogP contribution >= 0.6 is 27.5 Å². The van der Waals surface area contributed by atoms with E-state index in [4.69, 9.17) is 16.3 Å². The number of halogens is 2. The number of carbonyl (C=O) groups excluding carboxylic acids is 1. The number of hydrogen-bond acceptors (Lipinski definition) is 2. The SMILES string of the molecule is CC(C)(C)OC(=O)Nc1ccc(Cl)cc1CBr. The van der Waals surface area contributed by atoms with Crippen molar-refractivity contribution in [3.05, 3.63) is 28.8 Å². The van der Waals surface area contributed by atoms with Crippen LogP contribution in [-0.4, -0.2) is 11.7 Å². The van der Waals surface area contributed by atoms with E-state index in [1.807, 2.05) is 20.8 Å². The predicted octanol–water partition coefficient (Wildman–Crippen LogP) is 4.58. The van der Waals surface area contributed by atoms with E-state index in [1.54, 1.807) is 18.2 Å². The Morgan fingerprint density at radius 2 is 2.12 bits per heavy atom. The van der Waals surface area contributed by atoms with Gasteiger partial charge in [0.25, 0.3) is 0 Å². The van der Waals surface area contributed by atoms with Crippen molar-refractivity contribution in [3.63, 3.8) is 0 Å². The maximum atomic E-state index is 11.6. The topological polar surface area (TPSA) is 38.3 Å². The molecule has 0 radical (unpaired) electrons. The van der Waals surface area contributed by atoms with Crippen LogP contribution in [0.15, 0.2) is 18.2 Å². The third kappa shape index (κ3) is 4.96. The van der Waals surface area contributed by atoms with Gasteiger partial charge < -0.3 is 4.74 Å². The van der Waals surface area contributed by atoms with E-state index in [9.17, 15) is 4.79 Å². The van der Waals surface area contributed by atoms with Crippen LogP contribution in [0, 0.1) is 0 Å². The first-order chi connectivity index (χ1) is 7.81. The lowest BCUT2D eigenvalue weighted by atomic mass is 10.2. The quantitative estimate of drug-likeness (QED) is 0.810. The maximum absolute atomic E-state index is 11.6. The Kier molecular flexibility index (Phi) is 4.83. The molecule has 0 aliphatic rings. The van der Waals surface area contributed by atoms with Crippen molar-refractivity contribution in [1.29, 1.82) is 0 Å². The van der Waals surface area contributed by atoms with Gasteiger partial charge in [0.2, 0.25) is 0 Å². The van der Waals surface area contributed by atoms with E-state index in [0.29, 0.717) is 16.0 Å². The number of alkyl halides is 1. The largest absolute Gasteiger partial charge is 0.444 e. The Morgan fingerprint density at radius 3 is 2.65 bits per heavy atom. The van der Waals surface area contributed by atoms with Gasteiger partial charge in [-0.3, -0.25) is 5.32 Å². The summed E-state index contributed by atoms with van der Waals surface area (Å²) in [6.07, 6.45) is -0.470. The van der Waals surface area contributed by atoms with Crippen LogP contribution in [-0.2, 0) is 10.1 Å². The minimum atomic E-state index is -0.509. The number of anilines is 1. The van der Waals surface area contributed by atoms with E-state index in [1.165, 1.54) is 0 Å². The zero-order valence-corrected chi connectivity index (χ0v) is 12.4. The average Bonchev–Trinajstić information content (AvgIpc) is 2.17. The second kappa shape index (κ2) is 5.74. The molecule has 17 heavy (non-hydrogen) atoms. The van der Waals surface area contributed by atoms with Crippen LogP contribution in [0.1, 0.15) is 26.3 Å². The van der Waals surface area contributed by atoms with Crippen molar-refractivity contribution in [2.45, 2.75) is 31.7 Å². The second-order valence-electron chi connectivity index (χ2n) is 4.56. The van der Waals surface area contributed by atoms with Crippen LogP contribution in [0.4, 0.5) is 10.5 Å². The van der Waals surface area contributed by atoms with Crippen molar-refractivity contribution in [2.24, 2.45) is 0 Å². The summed E-state index contributed by atoms with van der Waals surface area (Å²) in [4.78, 5) is 11.6. The molecule has 1 amide bonds. The fourth-order valence-electron chi connectivity index (χ4n) is 1.21. The zero-order valence-electron chi connectivity index (χ0n) is 10.0. The van der Waals surface area contributed by atoms with E-state index in [0.717, 1.165) is 5.56 Å². The first-order valence-corrected chi connectivity index (χ1v) is 6.66. The van der Waals surface area contributed by atoms with Crippen LogP contribution in [0.2, 0.25) is 5.02 Å². The van der Waals surface area contributed by atoms with Gasteiger partial charge in [-0.1, -0.05) is 27.5 Å². The summed E-state index contributed by atoms with van der Waals surface area (Å²) in [5, 5.41) is 3.94. The highest BCUT2D eigenvalue weighted by atomic mass is 79.9. The Labute approximate surface area is 115 Å². The molecular formula is C12H15BrClNO2. The molecule has 0 saturated heterocycles. The highest BCUT2D eigenvalue weighted by Gasteiger charge is 2.17. The number of ether oxygens (including phenoxy) is 1. The van der Waals surface area contributed by atoms with Gasteiger partial charge >= 0.3 is 6.09 Å². The van der Waals surface area contributed by atoms with Crippen LogP contribution in [0.25, 0.3) is 0 Å². The third-order valence-corrected chi connectivity index (χ3v) is 2.69. The summed E-state index contributed by atoms with van der Waals surface area (Å²) < 4.78 is 5.17. The Morgan fingerprint density at radius 1 is 1.47 bits per heavy atom. The molecule has 1 aromatic rings. The lowest BCUT2D eigenvalue weighted by molar-refractivity contribution is 0.0636. The van der Waals surface area contributed by atoms with Gasteiger partial charge in [0.1, 0.15) is 5.60 Å². The summed E-state index contributed by atoms with van der Waals surface area (Å²) in [6, 6.07) is 5.27. The summed E-state index contributed by atoms with van der Waals surface area (Å²) in [7, 11) is 0. The fourth-order valence-corrected chi connectivity index (χ4v) is 1.87. The molecule has 0 heterocycles. The van der Waals surface area contributed by atoms with E-state index in [-0.39, 0.29) is 0 Å². The molecule has 1 N–H and O–H groups in total. The molecule has 1 aromatic carbocycles.